The Hall–Kier alpha value is -1.59. The van der Waals surface area contributed by atoms with Crippen molar-refractivity contribution in [3.8, 4) is 5.75 Å². The lowest BCUT2D eigenvalue weighted by Gasteiger charge is -2.49. The molecule has 1 aromatic carbocycles. The molecule has 3 saturated heterocycles. The zero-order valence-corrected chi connectivity index (χ0v) is 16.5. The number of nitrogens with zero attached hydrogens (tertiary/aromatic N) is 2. The summed E-state index contributed by atoms with van der Waals surface area (Å²) in [7, 11) is 1.63. The lowest BCUT2D eigenvalue weighted by Crippen LogP contribution is -2.55. The molecule has 1 spiro atoms. The van der Waals surface area contributed by atoms with Gasteiger partial charge in [-0.05, 0) is 69.8 Å². The second-order valence-corrected chi connectivity index (χ2v) is 8.30. The molecule has 0 radical (unpaired) electrons. The van der Waals surface area contributed by atoms with Crippen LogP contribution in [0.3, 0.4) is 0 Å². The number of methoxy groups -OCH3 is 1. The highest BCUT2D eigenvalue weighted by atomic mass is 16.5. The molecule has 5 nitrogen and oxygen atoms in total. The van der Waals surface area contributed by atoms with Crippen molar-refractivity contribution < 1.29 is 14.3 Å². The molecular weight excluding hydrogens is 340 g/mol. The van der Waals surface area contributed by atoms with Crippen molar-refractivity contribution in [1.82, 2.24) is 9.80 Å². The minimum atomic E-state index is -0.0223. The summed E-state index contributed by atoms with van der Waals surface area (Å²) in [5.74, 6) is 0.835. The number of carbonyl (C=O) groups is 1. The highest BCUT2D eigenvalue weighted by molar-refractivity contribution is 5.94. The Balaban J connectivity index is 1.36. The molecule has 27 heavy (non-hydrogen) atoms. The van der Waals surface area contributed by atoms with Gasteiger partial charge in [0.15, 0.2) is 0 Å². The lowest BCUT2D eigenvalue weighted by molar-refractivity contribution is -0.131. The molecule has 1 aromatic rings. The molecule has 3 aliphatic heterocycles. The number of carbonyl (C=O) groups excluding carboxylic acids is 1. The summed E-state index contributed by atoms with van der Waals surface area (Å²) in [6.45, 7) is 4.93. The van der Waals surface area contributed by atoms with Crippen molar-refractivity contribution in [1.29, 1.82) is 0 Å². The molecule has 1 atom stereocenters. The first-order valence-corrected chi connectivity index (χ1v) is 10.5. The van der Waals surface area contributed by atoms with E-state index in [0.29, 0.717) is 11.6 Å². The standard InChI is InChI=1S/C22H32N2O3/c1-26-20-7-5-6-18(16-20)21(25)24-13-9-22(10-14-24)17-19(8-15-27-22)23-11-3-2-4-12-23/h5-7,16,19H,2-4,8-15,17H2,1H3. The first-order valence-electron chi connectivity index (χ1n) is 10.5. The molecule has 148 valence electrons. The maximum absolute atomic E-state index is 12.9. The highest BCUT2D eigenvalue weighted by Gasteiger charge is 2.42. The van der Waals surface area contributed by atoms with Gasteiger partial charge in [-0.25, -0.2) is 0 Å². The van der Waals surface area contributed by atoms with E-state index >= 15 is 0 Å². The Labute approximate surface area is 162 Å². The average Bonchev–Trinajstić information content (AvgIpc) is 2.74. The summed E-state index contributed by atoms with van der Waals surface area (Å²) in [6, 6.07) is 8.12. The van der Waals surface area contributed by atoms with Crippen LogP contribution in [0.5, 0.6) is 5.75 Å². The second-order valence-electron chi connectivity index (χ2n) is 8.30. The van der Waals surface area contributed by atoms with E-state index in [1.165, 1.54) is 32.4 Å². The van der Waals surface area contributed by atoms with Crippen LogP contribution in [0.4, 0.5) is 0 Å². The van der Waals surface area contributed by atoms with Gasteiger partial charge in [-0.3, -0.25) is 4.79 Å². The van der Waals surface area contributed by atoms with Crippen LogP contribution < -0.4 is 4.74 Å². The van der Waals surface area contributed by atoms with Gasteiger partial charge in [0.1, 0.15) is 5.75 Å². The van der Waals surface area contributed by atoms with Gasteiger partial charge in [0.05, 0.1) is 12.7 Å². The van der Waals surface area contributed by atoms with Crippen LogP contribution in [0.15, 0.2) is 24.3 Å². The molecular formula is C22H32N2O3. The van der Waals surface area contributed by atoms with E-state index in [4.69, 9.17) is 9.47 Å². The van der Waals surface area contributed by atoms with Gasteiger partial charge in [-0.1, -0.05) is 12.5 Å². The zero-order valence-electron chi connectivity index (χ0n) is 16.5. The zero-order chi connectivity index (χ0) is 18.7. The fourth-order valence-corrected chi connectivity index (χ4v) is 5.00. The number of likely N-dealkylation sites (tertiary alicyclic amines) is 2. The van der Waals surface area contributed by atoms with Gasteiger partial charge in [0, 0.05) is 31.3 Å². The number of piperidine rings is 2. The second kappa shape index (κ2) is 8.19. The monoisotopic (exact) mass is 372 g/mol. The van der Waals surface area contributed by atoms with E-state index in [-0.39, 0.29) is 11.5 Å². The quantitative estimate of drug-likeness (QED) is 0.816. The van der Waals surface area contributed by atoms with E-state index in [0.717, 1.165) is 51.1 Å². The Morgan fingerprint density at radius 2 is 1.93 bits per heavy atom. The Bertz CT molecular complexity index is 649. The average molecular weight is 373 g/mol. The molecule has 1 amide bonds. The molecule has 0 aromatic heterocycles. The van der Waals surface area contributed by atoms with E-state index in [1.54, 1.807) is 7.11 Å². The van der Waals surface area contributed by atoms with Crippen molar-refractivity contribution in [3.63, 3.8) is 0 Å². The first kappa shape index (κ1) is 18.8. The van der Waals surface area contributed by atoms with Crippen LogP contribution in [0, 0.1) is 0 Å². The highest BCUT2D eigenvalue weighted by Crippen LogP contribution is 2.37. The van der Waals surface area contributed by atoms with E-state index in [9.17, 15) is 4.79 Å². The van der Waals surface area contributed by atoms with E-state index in [1.807, 2.05) is 29.2 Å². The van der Waals surface area contributed by atoms with Gasteiger partial charge < -0.3 is 19.3 Å². The van der Waals surface area contributed by atoms with Crippen LogP contribution >= 0.6 is 0 Å². The number of rotatable bonds is 3. The minimum absolute atomic E-state index is 0.0223. The summed E-state index contributed by atoms with van der Waals surface area (Å²) < 4.78 is 11.6. The molecule has 3 aliphatic rings. The molecule has 0 N–H and O–H groups in total. The van der Waals surface area contributed by atoms with Crippen molar-refractivity contribution in [2.75, 3.05) is 39.9 Å². The number of benzene rings is 1. The van der Waals surface area contributed by atoms with Gasteiger partial charge in [0.25, 0.3) is 5.91 Å². The first-order chi connectivity index (χ1) is 13.2. The minimum Gasteiger partial charge on any atom is -0.497 e. The SMILES string of the molecule is COc1cccc(C(=O)N2CCC3(CC2)CC(N2CCCCC2)CCO3)c1. The predicted molar refractivity (Wildman–Crippen MR) is 105 cm³/mol. The Morgan fingerprint density at radius 3 is 2.67 bits per heavy atom. The van der Waals surface area contributed by atoms with Crippen LogP contribution in [0.2, 0.25) is 0 Å². The van der Waals surface area contributed by atoms with Crippen LogP contribution in [-0.4, -0.2) is 67.2 Å². The van der Waals surface area contributed by atoms with Gasteiger partial charge in [-0.15, -0.1) is 0 Å². The smallest absolute Gasteiger partial charge is 0.253 e. The van der Waals surface area contributed by atoms with E-state index in [2.05, 4.69) is 4.90 Å². The van der Waals surface area contributed by atoms with Crippen molar-refractivity contribution in [2.45, 2.75) is 56.6 Å². The largest absolute Gasteiger partial charge is 0.497 e. The molecule has 4 rings (SSSR count). The normalized spacial score (nSPS) is 26.1. The number of amides is 1. The third-order valence-electron chi connectivity index (χ3n) is 6.65. The molecule has 0 bridgehead atoms. The van der Waals surface area contributed by atoms with Crippen LogP contribution in [-0.2, 0) is 4.74 Å². The molecule has 0 saturated carbocycles. The summed E-state index contributed by atoms with van der Waals surface area (Å²) in [5.41, 5.74) is 0.687. The lowest BCUT2D eigenvalue weighted by atomic mass is 9.81. The fourth-order valence-electron chi connectivity index (χ4n) is 5.00. The van der Waals surface area contributed by atoms with E-state index < -0.39 is 0 Å². The number of hydrogen-bond acceptors (Lipinski definition) is 4. The maximum Gasteiger partial charge on any atom is 0.253 e. The molecule has 0 aliphatic carbocycles. The van der Waals surface area contributed by atoms with Crippen molar-refractivity contribution in [3.05, 3.63) is 29.8 Å². The summed E-state index contributed by atoms with van der Waals surface area (Å²) in [5, 5.41) is 0. The van der Waals surface area contributed by atoms with Gasteiger partial charge in [0.2, 0.25) is 0 Å². The topological polar surface area (TPSA) is 42.0 Å². The number of ether oxygens (including phenoxy) is 2. The summed E-state index contributed by atoms with van der Waals surface area (Å²) in [4.78, 5) is 17.5. The van der Waals surface area contributed by atoms with Gasteiger partial charge >= 0.3 is 0 Å². The van der Waals surface area contributed by atoms with Crippen molar-refractivity contribution in [2.24, 2.45) is 0 Å². The molecule has 3 heterocycles. The maximum atomic E-state index is 12.9. The third-order valence-corrected chi connectivity index (χ3v) is 6.65. The molecule has 5 heteroatoms. The summed E-state index contributed by atoms with van der Waals surface area (Å²) >= 11 is 0. The molecule has 1 unspecified atom stereocenters. The molecule has 3 fully saturated rings. The Morgan fingerprint density at radius 1 is 1.15 bits per heavy atom. The fraction of sp³-hybridized carbons (Fsp3) is 0.682. The number of hydrogen-bond donors (Lipinski definition) is 0. The van der Waals surface area contributed by atoms with Crippen molar-refractivity contribution >= 4 is 5.91 Å². The predicted octanol–water partition coefficient (Wildman–Crippen LogP) is 3.33. The van der Waals surface area contributed by atoms with Gasteiger partial charge in [-0.2, -0.15) is 0 Å². The van der Waals surface area contributed by atoms with Crippen LogP contribution in [0.1, 0.15) is 55.3 Å². The summed E-state index contributed by atoms with van der Waals surface area (Å²) in [6.07, 6.45) is 8.26. The third kappa shape index (κ3) is 4.14. The van der Waals surface area contributed by atoms with Crippen LogP contribution in [0.25, 0.3) is 0 Å². The Kier molecular flexibility index (Phi) is 5.69.